The first kappa shape index (κ1) is 15.1. The first-order valence-corrected chi connectivity index (χ1v) is 9.04. The Morgan fingerprint density at radius 2 is 2.26 bits per heavy atom. The molecular formula is C16H22N4O2S. The van der Waals surface area contributed by atoms with Gasteiger partial charge in [0.2, 0.25) is 5.89 Å². The molecule has 1 spiro atoms. The molecule has 2 saturated heterocycles. The van der Waals surface area contributed by atoms with Gasteiger partial charge in [-0.25, -0.2) is 0 Å². The molecule has 0 aromatic carbocycles. The van der Waals surface area contributed by atoms with E-state index in [0.717, 1.165) is 52.2 Å². The summed E-state index contributed by atoms with van der Waals surface area (Å²) in [5, 5.41) is 10.3. The standard InChI is InChI=1S/C16H22N4O2S/c1-13-17-18-15(22-13)20-6-3-5-16(12-20)11-19(7-8-21-16)10-14-4-2-9-23-14/h2,4,9H,3,5-8,10-12H2,1H3/t16-/m0/s1. The van der Waals surface area contributed by atoms with Crippen LogP contribution >= 0.6 is 11.3 Å². The Morgan fingerprint density at radius 3 is 3.04 bits per heavy atom. The molecule has 4 heterocycles. The first-order valence-electron chi connectivity index (χ1n) is 8.16. The molecule has 0 unspecified atom stereocenters. The summed E-state index contributed by atoms with van der Waals surface area (Å²) in [4.78, 5) is 6.11. The molecule has 124 valence electrons. The van der Waals surface area contributed by atoms with Gasteiger partial charge in [-0.3, -0.25) is 4.90 Å². The molecule has 1 atom stereocenters. The van der Waals surface area contributed by atoms with E-state index in [1.165, 1.54) is 4.88 Å². The summed E-state index contributed by atoms with van der Waals surface area (Å²) >= 11 is 1.83. The van der Waals surface area contributed by atoms with E-state index in [9.17, 15) is 0 Å². The highest BCUT2D eigenvalue weighted by molar-refractivity contribution is 7.09. The molecule has 2 aliphatic rings. The number of rotatable bonds is 3. The van der Waals surface area contributed by atoms with Crippen LogP contribution in [0.25, 0.3) is 0 Å². The molecule has 2 aromatic rings. The molecule has 2 aliphatic heterocycles. The maximum Gasteiger partial charge on any atom is 0.318 e. The molecular weight excluding hydrogens is 312 g/mol. The zero-order chi connectivity index (χ0) is 15.7. The molecule has 6 nitrogen and oxygen atoms in total. The van der Waals surface area contributed by atoms with Crippen molar-refractivity contribution in [1.29, 1.82) is 0 Å². The van der Waals surface area contributed by atoms with E-state index in [1.807, 2.05) is 18.3 Å². The lowest BCUT2D eigenvalue weighted by molar-refractivity contribution is -0.116. The smallest absolute Gasteiger partial charge is 0.318 e. The van der Waals surface area contributed by atoms with Gasteiger partial charge in [0.25, 0.3) is 0 Å². The third kappa shape index (κ3) is 3.27. The molecule has 2 fully saturated rings. The van der Waals surface area contributed by atoms with Gasteiger partial charge in [-0.1, -0.05) is 11.2 Å². The second-order valence-electron chi connectivity index (χ2n) is 6.45. The monoisotopic (exact) mass is 334 g/mol. The molecule has 4 rings (SSSR count). The van der Waals surface area contributed by atoms with Crippen molar-refractivity contribution < 1.29 is 9.15 Å². The molecule has 0 bridgehead atoms. The third-order valence-corrected chi connectivity index (χ3v) is 5.47. The number of ether oxygens (including phenoxy) is 1. The quantitative estimate of drug-likeness (QED) is 0.858. The van der Waals surface area contributed by atoms with Crippen LogP contribution in [-0.4, -0.2) is 53.5 Å². The molecule has 7 heteroatoms. The van der Waals surface area contributed by atoms with Gasteiger partial charge in [-0.15, -0.1) is 16.4 Å². The summed E-state index contributed by atoms with van der Waals surface area (Å²) in [7, 11) is 0. The average molecular weight is 334 g/mol. The Hall–Kier alpha value is -1.44. The van der Waals surface area contributed by atoms with Crippen molar-refractivity contribution in [3.8, 4) is 0 Å². The number of anilines is 1. The van der Waals surface area contributed by atoms with Crippen molar-refractivity contribution in [2.45, 2.75) is 31.9 Å². The Balaban J connectivity index is 1.46. The second kappa shape index (κ2) is 6.22. The van der Waals surface area contributed by atoms with Gasteiger partial charge in [0.05, 0.1) is 18.8 Å². The summed E-state index contributed by atoms with van der Waals surface area (Å²) in [5.74, 6) is 0.614. The average Bonchev–Trinajstić information content (AvgIpc) is 3.19. The minimum Gasteiger partial charge on any atom is -0.408 e. The maximum atomic E-state index is 6.24. The van der Waals surface area contributed by atoms with Gasteiger partial charge in [-0.2, -0.15) is 0 Å². The highest BCUT2D eigenvalue weighted by atomic mass is 32.1. The van der Waals surface area contributed by atoms with Gasteiger partial charge in [0.1, 0.15) is 0 Å². The SMILES string of the molecule is Cc1nnc(N2CCC[C@]3(CN(Cc4cccs4)CCO3)C2)o1. The van der Waals surface area contributed by atoms with Crippen molar-refractivity contribution in [2.24, 2.45) is 0 Å². The molecule has 0 radical (unpaired) electrons. The second-order valence-corrected chi connectivity index (χ2v) is 7.48. The van der Waals surface area contributed by atoms with Crippen LogP contribution in [0.5, 0.6) is 0 Å². The zero-order valence-electron chi connectivity index (χ0n) is 13.4. The molecule has 2 aromatic heterocycles. The van der Waals surface area contributed by atoms with Crippen molar-refractivity contribution in [1.82, 2.24) is 15.1 Å². The van der Waals surface area contributed by atoms with E-state index in [2.05, 4.69) is 37.5 Å². The van der Waals surface area contributed by atoms with E-state index in [-0.39, 0.29) is 5.60 Å². The number of aromatic nitrogens is 2. The maximum absolute atomic E-state index is 6.24. The number of aryl methyl sites for hydroxylation is 1. The third-order valence-electron chi connectivity index (χ3n) is 4.61. The number of thiophene rings is 1. The number of morpholine rings is 1. The summed E-state index contributed by atoms with van der Waals surface area (Å²) in [6.45, 7) is 7.39. The van der Waals surface area contributed by atoms with Gasteiger partial charge < -0.3 is 14.1 Å². The summed E-state index contributed by atoms with van der Waals surface area (Å²) in [6, 6.07) is 4.96. The Morgan fingerprint density at radius 1 is 1.30 bits per heavy atom. The normalized spacial score (nSPS) is 26.0. The Bertz CT molecular complexity index is 640. The predicted octanol–water partition coefficient (Wildman–Crippen LogP) is 2.31. The number of piperidine rings is 1. The fourth-order valence-electron chi connectivity index (χ4n) is 3.60. The zero-order valence-corrected chi connectivity index (χ0v) is 14.2. The highest BCUT2D eigenvalue weighted by Gasteiger charge is 2.41. The topological polar surface area (TPSA) is 54.6 Å². The molecule has 0 amide bonds. The highest BCUT2D eigenvalue weighted by Crippen LogP contribution is 2.32. The largest absolute Gasteiger partial charge is 0.408 e. The predicted molar refractivity (Wildman–Crippen MR) is 88.8 cm³/mol. The van der Waals surface area contributed by atoms with Gasteiger partial charge in [0.15, 0.2) is 0 Å². The molecule has 0 saturated carbocycles. The van der Waals surface area contributed by atoms with Crippen LogP contribution in [0.1, 0.15) is 23.6 Å². The number of nitrogens with zero attached hydrogens (tertiary/aromatic N) is 4. The lowest BCUT2D eigenvalue weighted by Crippen LogP contribution is -2.59. The van der Waals surface area contributed by atoms with E-state index >= 15 is 0 Å². The Labute approximate surface area is 140 Å². The fraction of sp³-hybridized carbons (Fsp3) is 0.625. The first-order chi connectivity index (χ1) is 11.2. The minimum absolute atomic E-state index is 0.115. The van der Waals surface area contributed by atoms with Crippen LogP contribution in [0, 0.1) is 6.92 Å². The minimum atomic E-state index is -0.115. The van der Waals surface area contributed by atoms with Crippen LogP contribution < -0.4 is 4.90 Å². The van der Waals surface area contributed by atoms with Crippen LogP contribution in [0.4, 0.5) is 6.01 Å². The van der Waals surface area contributed by atoms with Gasteiger partial charge >= 0.3 is 6.01 Å². The fourth-order valence-corrected chi connectivity index (χ4v) is 4.35. The summed E-state index contributed by atoms with van der Waals surface area (Å²) in [5.41, 5.74) is -0.115. The van der Waals surface area contributed by atoms with Crippen molar-refractivity contribution in [3.63, 3.8) is 0 Å². The molecule has 23 heavy (non-hydrogen) atoms. The van der Waals surface area contributed by atoms with Crippen LogP contribution in [0.3, 0.4) is 0 Å². The van der Waals surface area contributed by atoms with Gasteiger partial charge in [0, 0.05) is 38.0 Å². The van der Waals surface area contributed by atoms with E-state index in [4.69, 9.17) is 9.15 Å². The van der Waals surface area contributed by atoms with Crippen molar-refractivity contribution >= 4 is 17.4 Å². The summed E-state index contributed by atoms with van der Waals surface area (Å²) in [6.07, 6.45) is 2.19. The lowest BCUT2D eigenvalue weighted by Gasteiger charge is -2.47. The summed E-state index contributed by atoms with van der Waals surface area (Å²) < 4.78 is 11.8. The number of hydrogen-bond acceptors (Lipinski definition) is 7. The van der Waals surface area contributed by atoms with Crippen molar-refractivity contribution in [3.05, 3.63) is 28.3 Å². The van der Waals surface area contributed by atoms with E-state index in [1.54, 1.807) is 0 Å². The Kier molecular flexibility index (Phi) is 4.09. The number of hydrogen-bond donors (Lipinski definition) is 0. The lowest BCUT2D eigenvalue weighted by atomic mass is 9.91. The van der Waals surface area contributed by atoms with E-state index in [0.29, 0.717) is 11.9 Å². The van der Waals surface area contributed by atoms with Crippen LogP contribution in [-0.2, 0) is 11.3 Å². The van der Waals surface area contributed by atoms with Crippen molar-refractivity contribution in [2.75, 3.05) is 37.7 Å². The van der Waals surface area contributed by atoms with E-state index < -0.39 is 0 Å². The van der Waals surface area contributed by atoms with Crippen LogP contribution in [0.2, 0.25) is 0 Å². The van der Waals surface area contributed by atoms with Gasteiger partial charge in [-0.05, 0) is 24.3 Å². The molecule has 0 N–H and O–H groups in total. The molecule has 0 aliphatic carbocycles. The van der Waals surface area contributed by atoms with Crippen LogP contribution in [0.15, 0.2) is 21.9 Å².